The number of benzene rings is 1. The first kappa shape index (κ1) is 17.1. The lowest BCUT2D eigenvalue weighted by Gasteiger charge is -2.21. The van der Waals surface area contributed by atoms with E-state index in [1.165, 1.54) is 11.8 Å². The molecule has 0 aliphatic carbocycles. The van der Waals surface area contributed by atoms with Gasteiger partial charge in [-0.15, -0.1) is 5.10 Å². The molecular formula is C15H16ClN3O4S. The Hall–Kier alpha value is -1.74. The lowest BCUT2D eigenvalue weighted by Crippen LogP contribution is -2.38. The van der Waals surface area contributed by atoms with Crippen LogP contribution in [0.2, 0.25) is 5.02 Å². The number of halogens is 1. The van der Waals surface area contributed by atoms with Crippen LogP contribution in [0, 0.1) is 4.84 Å². The molecule has 0 unspecified atom stereocenters. The summed E-state index contributed by atoms with van der Waals surface area (Å²) in [5, 5.41) is 14.7. The fraction of sp³-hybridized carbons (Fsp3) is 0.400. The van der Waals surface area contributed by atoms with Gasteiger partial charge in [0.25, 0.3) is 4.84 Å². The predicted octanol–water partition coefficient (Wildman–Crippen LogP) is 2.09. The molecule has 0 amide bonds. The van der Waals surface area contributed by atoms with Gasteiger partial charge in [0.2, 0.25) is 5.89 Å². The maximum atomic E-state index is 11.8. The van der Waals surface area contributed by atoms with Gasteiger partial charge in [0.05, 0.1) is 19.9 Å². The number of hydrogen-bond donors (Lipinski definition) is 1. The van der Waals surface area contributed by atoms with E-state index in [4.69, 9.17) is 33.0 Å². The van der Waals surface area contributed by atoms with Crippen molar-refractivity contribution in [3.8, 4) is 11.5 Å². The Kier molecular flexibility index (Phi) is 5.00. The molecule has 7 nitrogen and oxygen atoms in total. The van der Waals surface area contributed by atoms with E-state index in [-0.39, 0.29) is 11.5 Å². The number of aromatic nitrogens is 2. The van der Waals surface area contributed by atoms with Crippen LogP contribution in [0.15, 0.2) is 28.7 Å². The molecule has 2 heterocycles. The van der Waals surface area contributed by atoms with E-state index in [2.05, 4.69) is 5.10 Å². The highest BCUT2D eigenvalue weighted by atomic mass is 35.5. The van der Waals surface area contributed by atoms with Crippen LogP contribution in [0.25, 0.3) is 11.5 Å². The molecule has 128 valence electrons. The molecule has 24 heavy (non-hydrogen) atoms. The molecule has 0 saturated carbocycles. The van der Waals surface area contributed by atoms with Crippen molar-refractivity contribution in [3.05, 3.63) is 34.1 Å². The fourth-order valence-corrected chi connectivity index (χ4v) is 3.09. The summed E-state index contributed by atoms with van der Waals surface area (Å²) in [5.41, 5.74) is 0.707. The topological polar surface area (TPSA) is 80.7 Å². The van der Waals surface area contributed by atoms with Crippen molar-refractivity contribution >= 4 is 29.8 Å². The van der Waals surface area contributed by atoms with E-state index in [9.17, 15) is 9.90 Å². The Morgan fingerprint density at radius 2 is 2.38 bits per heavy atom. The molecule has 1 fully saturated rings. The molecule has 9 heteroatoms. The molecular weight excluding hydrogens is 354 g/mol. The maximum Gasteiger partial charge on any atom is 0.323 e. The lowest BCUT2D eigenvalue weighted by molar-refractivity contribution is -0.146. The standard InChI is InChI=1S/C15H16ClN3O4S/c1-22-14(21)12-6-11(20)7-18(12)8-19-15(24)23-13(17-19)9-3-2-4-10(16)5-9/h2-5,11-12,20H,6-8H2,1H3/t11-,12+/m1/s1. The van der Waals surface area contributed by atoms with Crippen molar-refractivity contribution in [1.29, 1.82) is 0 Å². The first-order chi connectivity index (χ1) is 11.5. The van der Waals surface area contributed by atoms with Crippen LogP contribution in [0.1, 0.15) is 6.42 Å². The Morgan fingerprint density at radius 3 is 3.08 bits per heavy atom. The zero-order valence-electron chi connectivity index (χ0n) is 12.9. The number of likely N-dealkylation sites (tertiary alicyclic amines) is 1. The van der Waals surface area contributed by atoms with Crippen molar-refractivity contribution in [3.63, 3.8) is 0 Å². The van der Waals surface area contributed by atoms with Gasteiger partial charge >= 0.3 is 5.97 Å². The Bertz CT molecular complexity index is 806. The molecule has 0 bridgehead atoms. The molecule has 1 aromatic carbocycles. The molecule has 1 aliphatic rings. The highest BCUT2D eigenvalue weighted by Crippen LogP contribution is 2.23. The van der Waals surface area contributed by atoms with Gasteiger partial charge < -0.3 is 14.3 Å². The number of nitrogens with zero attached hydrogens (tertiary/aromatic N) is 3. The van der Waals surface area contributed by atoms with Gasteiger partial charge in [0.1, 0.15) is 6.04 Å². The van der Waals surface area contributed by atoms with Crippen LogP contribution in [-0.4, -0.2) is 51.6 Å². The van der Waals surface area contributed by atoms with Crippen LogP contribution in [0.3, 0.4) is 0 Å². The second kappa shape index (κ2) is 7.02. The monoisotopic (exact) mass is 369 g/mol. The Morgan fingerprint density at radius 1 is 1.58 bits per heavy atom. The Balaban J connectivity index is 1.83. The minimum Gasteiger partial charge on any atom is -0.468 e. The number of rotatable bonds is 4. The zero-order chi connectivity index (χ0) is 17.3. The SMILES string of the molecule is COC(=O)[C@@H]1C[C@@H](O)CN1Cn1nc(-c2cccc(Cl)c2)oc1=S. The predicted molar refractivity (Wildman–Crippen MR) is 88.9 cm³/mol. The molecule has 2 atom stereocenters. The summed E-state index contributed by atoms with van der Waals surface area (Å²) in [7, 11) is 1.32. The van der Waals surface area contributed by atoms with Crippen molar-refractivity contribution in [1.82, 2.24) is 14.7 Å². The van der Waals surface area contributed by atoms with Gasteiger partial charge in [0.15, 0.2) is 0 Å². The van der Waals surface area contributed by atoms with E-state index < -0.39 is 18.1 Å². The summed E-state index contributed by atoms with van der Waals surface area (Å²) < 4.78 is 11.8. The van der Waals surface area contributed by atoms with Crippen LogP contribution >= 0.6 is 23.8 Å². The molecule has 1 saturated heterocycles. The normalized spacial score (nSPS) is 21.1. The number of methoxy groups -OCH3 is 1. The van der Waals surface area contributed by atoms with Gasteiger partial charge in [-0.25, -0.2) is 4.68 Å². The van der Waals surface area contributed by atoms with Crippen LogP contribution in [0.5, 0.6) is 0 Å². The minimum absolute atomic E-state index is 0.176. The van der Waals surface area contributed by atoms with Crippen molar-refractivity contribution in [2.24, 2.45) is 0 Å². The number of hydrogen-bond acceptors (Lipinski definition) is 7. The minimum atomic E-state index is -0.595. The van der Waals surface area contributed by atoms with Crippen LogP contribution < -0.4 is 0 Å². The van der Waals surface area contributed by atoms with E-state index in [0.29, 0.717) is 29.4 Å². The summed E-state index contributed by atoms with van der Waals surface area (Å²) in [6, 6.07) is 6.55. The van der Waals surface area contributed by atoms with E-state index in [1.54, 1.807) is 23.1 Å². The van der Waals surface area contributed by atoms with Crippen LogP contribution in [0.4, 0.5) is 0 Å². The number of esters is 1. The second-order valence-corrected chi connectivity index (χ2v) is 6.31. The van der Waals surface area contributed by atoms with E-state index in [1.807, 2.05) is 6.07 Å². The maximum absolute atomic E-state index is 11.8. The largest absolute Gasteiger partial charge is 0.468 e. The third-order valence-electron chi connectivity index (χ3n) is 3.85. The summed E-state index contributed by atoms with van der Waals surface area (Å²) in [5.74, 6) is -0.0477. The van der Waals surface area contributed by atoms with Gasteiger partial charge in [-0.2, -0.15) is 0 Å². The smallest absolute Gasteiger partial charge is 0.323 e. The van der Waals surface area contributed by atoms with E-state index in [0.717, 1.165) is 0 Å². The van der Waals surface area contributed by atoms with Gasteiger partial charge in [-0.3, -0.25) is 9.69 Å². The van der Waals surface area contributed by atoms with Gasteiger partial charge in [-0.1, -0.05) is 17.7 Å². The quantitative estimate of drug-likeness (QED) is 0.652. The second-order valence-electron chi connectivity index (χ2n) is 5.52. The third kappa shape index (κ3) is 3.51. The van der Waals surface area contributed by atoms with E-state index >= 15 is 0 Å². The zero-order valence-corrected chi connectivity index (χ0v) is 14.5. The highest BCUT2D eigenvalue weighted by Gasteiger charge is 2.37. The molecule has 3 rings (SSSR count). The number of aliphatic hydroxyl groups is 1. The first-order valence-corrected chi connectivity index (χ1v) is 8.10. The third-order valence-corrected chi connectivity index (χ3v) is 4.38. The van der Waals surface area contributed by atoms with Crippen molar-refractivity contribution < 1.29 is 19.1 Å². The molecule has 1 N–H and O–H groups in total. The number of carbonyl (C=O) groups excluding carboxylic acids is 1. The van der Waals surface area contributed by atoms with Gasteiger partial charge in [-0.05, 0) is 30.4 Å². The molecule has 0 radical (unpaired) electrons. The number of ether oxygens (including phenoxy) is 1. The fourth-order valence-electron chi connectivity index (χ4n) is 2.72. The molecule has 1 aromatic heterocycles. The number of carbonyl (C=O) groups is 1. The summed E-state index contributed by atoms with van der Waals surface area (Å²) >= 11 is 11.2. The van der Waals surface area contributed by atoms with Crippen molar-refractivity contribution in [2.45, 2.75) is 25.2 Å². The highest BCUT2D eigenvalue weighted by molar-refractivity contribution is 7.71. The van der Waals surface area contributed by atoms with Crippen molar-refractivity contribution in [2.75, 3.05) is 13.7 Å². The summed E-state index contributed by atoms with van der Waals surface area (Å²) in [4.78, 5) is 13.8. The number of β-amino-alcohol motifs (C(OH)–C–C–N with tert-alkyl or cyclic N) is 1. The first-order valence-electron chi connectivity index (χ1n) is 7.31. The summed E-state index contributed by atoms with van der Waals surface area (Å²) in [6.45, 7) is 0.556. The van der Waals surface area contributed by atoms with Gasteiger partial charge in [0, 0.05) is 23.6 Å². The Labute approximate surface area is 148 Å². The lowest BCUT2D eigenvalue weighted by atomic mass is 10.2. The number of aliphatic hydroxyl groups excluding tert-OH is 1. The molecule has 2 aromatic rings. The average molecular weight is 370 g/mol. The molecule has 1 aliphatic heterocycles. The van der Waals surface area contributed by atoms with Crippen LogP contribution in [-0.2, 0) is 16.2 Å². The molecule has 0 spiro atoms. The average Bonchev–Trinajstić information content (AvgIpc) is 3.10. The summed E-state index contributed by atoms with van der Waals surface area (Å²) in [6.07, 6.45) is -0.276.